The third-order valence-electron chi connectivity index (χ3n) is 4.58. The highest BCUT2D eigenvalue weighted by atomic mass is 32.2. The number of hydrogen-bond acceptors (Lipinski definition) is 5. The third-order valence-corrected chi connectivity index (χ3v) is 7.41. The highest BCUT2D eigenvalue weighted by Gasteiger charge is 2.21. The number of anilines is 1. The van der Waals surface area contributed by atoms with Gasteiger partial charge in [-0.05, 0) is 25.0 Å². The van der Waals surface area contributed by atoms with Gasteiger partial charge in [-0.1, -0.05) is 39.8 Å². The summed E-state index contributed by atoms with van der Waals surface area (Å²) in [4.78, 5) is 16.9. The van der Waals surface area contributed by atoms with Crippen molar-refractivity contribution >= 4 is 32.4 Å². The molecule has 0 atom stereocenters. The van der Waals surface area contributed by atoms with Gasteiger partial charge >= 0.3 is 0 Å². The number of nitrogens with zero attached hydrogens (tertiary/aromatic N) is 2. The predicted molar refractivity (Wildman–Crippen MR) is 110 cm³/mol. The van der Waals surface area contributed by atoms with Crippen molar-refractivity contribution in [1.82, 2.24) is 9.29 Å². The summed E-state index contributed by atoms with van der Waals surface area (Å²) >= 11 is 1.36. The second kappa shape index (κ2) is 9.43. The van der Waals surface area contributed by atoms with Crippen molar-refractivity contribution in [3.63, 3.8) is 0 Å². The molecule has 148 valence electrons. The van der Waals surface area contributed by atoms with Gasteiger partial charge in [-0.15, -0.1) is 11.3 Å². The summed E-state index contributed by atoms with van der Waals surface area (Å²) in [6.45, 7) is 8.51. The molecule has 2 aromatic rings. The van der Waals surface area contributed by atoms with E-state index in [2.05, 4.69) is 10.3 Å². The zero-order valence-electron chi connectivity index (χ0n) is 16.2. The van der Waals surface area contributed by atoms with Crippen LogP contribution in [0, 0.1) is 5.92 Å². The molecular weight excluding hydrogens is 382 g/mol. The highest BCUT2D eigenvalue weighted by Crippen LogP contribution is 2.27. The first-order valence-electron chi connectivity index (χ1n) is 9.24. The van der Waals surface area contributed by atoms with Gasteiger partial charge in [0.05, 0.1) is 10.6 Å². The highest BCUT2D eigenvalue weighted by molar-refractivity contribution is 7.89. The lowest BCUT2D eigenvalue weighted by Gasteiger charge is -2.18. The summed E-state index contributed by atoms with van der Waals surface area (Å²) in [5.41, 5.74) is 1.53. The predicted octanol–water partition coefficient (Wildman–Crippen LogP) is 4.22. The van der Waals surface area contributed by atoms with Gasteiger partial charge in [-0.3, -0.25) is 4.79 Å². The molecule has 8 heteroatoms. The average molecular weight is 410 g/mol. The summed E-state index contributed by atoms with van der Waals surface area (Å²) in [5.74, 6) is -0.0246. The maximum atomic E-state index is 12.6. The van der Waals surface area contributed by atoms with Crippen LogP contribution in [0.5, 0.6) is 0 Å². The lowest BCUT2D eigenvalue weighted by atomic mass is 10.0. The SMILES string of the molecule is CCC(CC)C(=O)Nc1nc(-c2ccc(S(=O)(=O)N(CC)CC)cc2)cs1. The Kier molecular flexibility index (Phi) is 7.52. The van der Waals surface area contributed by atoms with E-state index in [0.717, 1.165) is 18.4 Å². The summed E-state index contributed by atoms with van der Waals surface area (Å²) in [5, 5.41) is 5.28. The largest absolute Gasteiger partial charge is 0.302 e. The van der Waals surface area contributed by atoms with Gasteiger partial charge < -0.3 is 5.32 Å². The van der Waals surface area contributed by atoms with Crippen LogP contribution in [0.2, 0.25) is 0 Å². The quantitative estimate of drug-likeness (QED) is 0.673. The second-order valence-corrected chi connectivity index (χ2v) is 8.95. The Balaban J connectivity index is 2.17. The zero-order chi connectivity index (χ0) is 20.0. The molecule has 1 amide bonds. The Labute approximate surface area is 165 Å². The topological polar surface area (TPSA) is 79.4 Å². The molecule has 1 heterocycles. The molecule has 0 aliphatic rings. The van der Waals surface area contributed by atoms with Crippen molar-refractivity contribution in [3.8, 4) is 11.3 Å². The normalized spacial score (nSPS) is 11.9. The molecule has 2 rings (SSSR count). The molecule has 0 aliphatic carbocycles. The molecule has 0 bridgehead atoms. The van der Waals surface area contributed by atoms with Crippen molar-refractivity contribution in [2.24, 2.45) is 5.92 Å². The fraction of sp³-hybridized carbons (Fsp3) is 0.474. The first-order valence-corrected chi connectivity index (χ1v) is 11.6. The standard InChI is InChI=1S/C19H27N3O3S2/c1-5-14(6-2)18(23)21-19-20-17(13-26-19)15-9-11-16(12-10-15)27(24,25)22(7-3)8-4/h9-14H,5-8H2,1-4H3,(H,20,21,23). The molecule has 1 N–H and O–H groups in total. The van der Waals surface area contributed by atoms with E-state index in [4.69, 9.17) is 0 Å². The van der Waals surface area contributed by atoms with E-state index in [1.54, 1.807) is 24.3 Å². The van der Waals surface area contributed by atoms with Gasteiger partial charge in [0, 0.05) is 30.0 Å². The molecule has 0 saturated carbocycles. The molecule has 0 fully saturated rings. The molecule has 27 heavy (non-hydrogen) atoms. The Morgan fingerprint density at radius 1 is 1.11 bits per heavy atom. The molecular formula is C19H27N3O3S2. The van der Waals surface area contributed by atoms with Crippen LogP contribution in [-0.4, -0.2) is 36.7 Å². The third kappa shape index (κ3) is 4.94. The molecule has 0 radical (unpaired) electrons. The minimum absolute atomic E-state index is 0.0121. The number of carbonyl (C=O) groups is 1. The fourth-order valence-electron chi connectivity index (χ4n) is 2.84. The number of amides is 1. The van der Waals surface area contributed by atoms with Crippen LogP contribution < -0.4 is 5.32 Å². The first-order chi connectivity index (χ1) is 12.9. The lowest BCUT2D eigenvalue weighted by molar-refractivity contribution is -0.120. The number of rotatable bonds is 9. The van der Waals surface area contributed by atoms with Crippen molar-refractivity contribution in [1.29, 1.82) is 0 Å². The van der Waals surface area contributed by atoms with E-state index in [-0.39, 0.29) is 16.7 Å². The number of hydrogen-bond donors (Lipinski definition) is 1. The van der Waals surface area contributed by atoms with Crippen LogP contribution in [0.15, 0.2) is 34.5 Å². The smallest absolute Gasteiger partial charge is 0.243 e. The Morgan fingerprint density at radius 2 is 1.70 bits per heavy atom. The summed E-state index contributed by atoms with van der Waals surface area (Å²) < 4.78 is 26.5. The van der Waals surface area contributed by atoms with E-state index in [0.29, 0.717) is 23.9 Å². The van der Waals surface area contributed by atoms with Crippen molar-refractivity contribution in [3.05, 3.63) is 29.6 Å². The molecule has 0 aliphatic heterocycles. The molecule has 0 spiro atoms. The van der Waals surface area contributed by atoms with E-state index in [1.165, 1.54) is 15.6 Å². The molecule has 0 saturated heterocycles. The Morgan fingerprint density at radius 3 is 2.22 bits per heavy atom. The number of thiazole rings is 1. The van der Waals surface area contributed by atoms with Crippen LogP contribution in [0.3, 0.4) is 0 Å². The van der Waals surface area contributed by atoms with E-state index >= 15 is 0 Å². The van der Waals surface area contributed by atoms with Gasteiger partial charge in [-0.2, -0.15) is 4.31 Å². The minimum atomic E-state index is -3.47. The average Bonchev–Trinajstić information content (AvgIpc) is 3.12. The maximum Gasteiger partial charge on any atom is 0.243 e. The lowest BCUT2D eigenvalue weighted by Crippen LogP contribution is -2.30. The molecule has 1 aromatic heterocycles. The van der Waals surface area contributed by atoms with Crippen molar-refractivity contribution in [2.45, 2.75) is 45.4 Å². The fourth-order valence-corrected chi connectivity index (χ4v) is 5.02. The van der Waals surface area contributed by atoms with Crippen LogP contribution in [0.1, 0.15) is 40.5 Å². The maximum absolute atomic E-state index is 12.6. The number of carbonyl (C=O) groups excluding carboxylic acids is 1. The van der Waals surface area contributed by atoms with Crippen LogP contribution >= 0.6 is 11.3 Å². The number of nitrogens with one attached hydrogen (secondary N) is 1. The van der Waals surface area contributed by atoms with Crippen LogP contribution in [-0.2, 0) is 14.8 Å². The van der Waals surface area contributed by atoms with Gasteiger partial charge in [0.2, 0.25) is 15.9 Å². The van der Waals surface area contributed by atoms with Crippen molar-refractivity contribution < 1.29 is 13.2 Å². The Hall–Kier alpha value is -1.77. The second-order valence-electron chi connectivity index (χ2n) is 6.15. The number of sulfonamides is 1. The molecule has 0 unspecified atom stereocenters. The summed E-state index contributed by atoms with van der Waals surface area (Å²) in [7, 11) is -3.47. The van der Waals surface area contributed by atoms with Gasteiger partial charge in [0.15, 0.2) is 5.13 Å². The van der Waals surface area contributed by atoms with Gasteiger partial charge in [0.25, 0.3) is 0 Å². The van der Waals surface area contributed by atoms with E-state index < -0.39 is 10.0 Å². The van der Waals surface area contributed by atoms with Crippen LogP contribution in [0.25, 0.3) is 11.3 Å². The first kappa shape index (κ1) is 21.5. The minimum Gasteiger partial charge on any atom is -0.302 e. The monoisotopic (exact) mass is 409 g/mol. The molecule has 6 nitrogen and oxygen atoms in total. The van der Waals surface area contributed by atoms with Crippen LogP contribution in [0.4, 0.5) is 5.13 Å². The summed E-state index contributed by atoms with van der Waals surface area (Å²) in [6, 6.07) is 6.70. The Bertz CT molecular complexity index is 853. The summed E-state index contributed by atoms with van der Waals surface area (Å²) in [6.07, 6.45) is 1.59. The van der Waals surface area contributed by atoms with Gasteiger partial charge in [0.1, 0.15) is 0 Å². The van der Waals surface area contributed by atoms with Crippen molar-refractivity contribution in [2.75, 3.05) is 18.4 Å². The number of benzene rings is 1. The van der Waals surface area contributed by atoms with E-state index in [1.807, 2.05) is 33.1 Å². The van der Waals surface area contributed by atoms with E-state index in [9.17, 15) is 13.2 Å². The van der Waals surface area contributed by atoms with Gasteiger partial charge in [-0.25, -0.2) is 13.4 Å². The molecule has 1 aromatic carbocycles. The number of aromatic nitrogens is 1. The zero-order valence-corrected chi connectivity index (χ0v) is 17.9.